The molecule has 0 N–H and O–H groups in total. The van der Waals surface area contributed by atoms with E-state index in [4.69, 9.17) is 0 Å². The molecule has 2 aromatic carbocycles. The van der Waals surface area contributed by atoms with Gasteiger partial charge in [-0.3, -0.25) is 9.59 Å². The Morgan fingerprint density at radius 1 is 1.12 bits per heavy atom. The first-order chi connectivity index (χ1) is 12.3. The molecule has 26 heavy (non-hydrogen) atoms. The van der Waals surface area contributed by atoms with Gasteiger partial charge in [-0.2, -0.15) is 13.2 Å². The van der Waals surface area contributed by atoms with Gasteiger partial charge in [0.15, 0.2) is 5.78 Å². The van der Waals surface area contributed by atoms with Gasteiger partial charge in [-0.05, 0) is 35.7 Å². The monoisotopic (exact) mass is 359 g/mol. The topological polar surface area (TPSA) is 37.4 Å². The van der Waals surface area contributed by atoms with E-state index in [1.54, 1.807) is 23.1 Å². The van der Waals surface area contributed by atoms with E-state index in [-0.39, 0.29) is 23.7 Å². The number of amides is 1. The van der Waals surface area contributed by atoms with Gasteiger partial charge in [-0.1, -0.05) is 24.3 Å². The number of Topliss-reactive ketones (excluding diaryl/α,β-unsaturated/α-hetero) is 1. The highest BCUT2D eigenvalue weighted by Crippen LogP contribution is 2.54. The molecule has 0 fully saturated rings. The fourth-order valence-electron chi connectivity index (χ4n) is 4.22. The number of ketones is 1. The van der Waals surface area contributed by atoms with Crippen LogP contribution in [0, 0.1) is 0 Å². The van der Waals surface area contributed by atoms with Gasteiger partial charge < -0.3 is 4.90 Å². The van der Waals surface area contributed by atoms with Gasteiger partial charge in [0.1, 0.15) is 0 Å². The van der Waals surface area contributed by atoms with Crippen LogP contribution >= 0.6 is 0 Å². The maximum absolute atomic E-state index is 12.9. The Morgan fingerprint density at radius 3 is 2.42 bits per heavy atom. The van der Waals surface area contributed by atoms with Crippen molar-refractivity contribution in [3.63, 3.8) is 0 Å². The summed E-state index contributed by atoms with van der Waals surface area (Å²) in [5.41, 5.74) is 2.10. The third-order valence-electron chi connectivity index (χ3n) is 5.27. The van der Waals surface area contributed by atoms with Crippen LogP contribution in [0.4, 0.5) is 18.9 Å². The summed E-state index contributed by atoms with van der Waals surface area (Å²) in [6.07, 6.45) is -3.44. The zero-order valence-electron chi connectivity index (χ0n) is 14.0. The standard InChI is InChI=1S/C20H16F3NO2/c1-11(25)24-16-4-2-3-14-17(26)10-9-15(18(14)16)19(24)12-5-7-13(8-6-12)20(21,22)23/h2-8,15,19H,9-10H2,1H3. The second kappa shape index (κ2) is 5.69. The largest absolute Gasteiger partial charge is 0.416 e. The van der Waals surface area contributed by atoms with Gasteiger partial charge >= 0.3 is 6.18 Å². The molecule has 0 aromatic heterocycles. The van der Waals surface area contributed by atoms with E-state index in [0.29, 0.717) is 29.7 Å². The molecule has 2 atom stereocenters. The Hall–Kier alpha value is -2.63. The lowest BCUT2D eigenvalue weighted by molar-refractivity contribution is -0.137. The van der Waals surface area contributed by atoms with Crippen LogP contribution in [0.5, 0.6) is 0 Å². The van der Waals surface area contributed by atoms with Gasteiger partial charge in [0.05, 0.1) is 11.6 Å². The number of carbonyl (C=O) groups excluding carboxylic acids is 2. The highest BCUT2D eigenvalue weighted by Gasteiger charge is 2.45. The number of rotatable bonds is 1. The SMILES string of the molecule is CC(=O)N1c2cccc3c2C(CCC3=O)C1c1ccc(C(F)(F)F)cc1. The van der Waals surface area contributed by atoms with Crippen molar-refractivity contribution in [2.24, 2.45) is 0 Å². The molecule has 0 spiro atoms. The van der Waals surface area contributed by atoms with Crippen LogP contribution in [0.15, 0.2) is 42.5 Å². The molecule has 1 amide bonds. The van der Waals surface area contributed by atoms with E-state index in [1.165, 1.54) is 19.1 Å². The number of hydrogen-bond donors (Lipinski definition) is 0. The molecular weight excluding hydrogens is 343 g/mol. The summed E-state index contributed by atoms with van der Waals surface area (Å²) >= 11 is 0. The van der Waals surface area contributed by atoms with Crippen molar-refractivity contribution in [1.82, 2.24) is 0 Å². The van der Waals surface area contributed by atoms with Crippen molar-refractivity contribution in [2.75, 3.05) is 4.90 Å². The Bertz CT molecular complexity index is 902. The lowest BCUT2D eigenvalue weighted by atomic mass is 9.78. The highest BCUT2D eigenvalue weighted by molar-refractivity contribution is 6.04. The van der Waals surface area contributed by atoms with E-state index in [1.807, 2.05) is 0 Å². The van der Waals surface area contributed by atoms with Gasteiger partial charge in [-0.25, -0.2) is 0 Å². The summed E-state index contributed by atoms with van der Waals surface area (Å²) in [5, 5.41) is 0. The molecule has 2 aliphatic rings. The summed E-state index contributed by atoms with van der Waals surface area (Å²) in [6, 6.07) is 9.89. The van der Waals surface area contributed by atoms with E-state index in [9.17, 15) is 22.8 Å². The van der Waals surface area contributed by atoms with E-state index in [0.717, 1.165) is 17.7 Å². The molecular formula is C20H16F3NO2. The van der Waals surface area contributed by atoms with Crippen LogP contribution in [0.2, 0.25) is 0 Å². The third-order valence-corrected chi connectivity index (χ3v) is 5.27. The summed E-state index contributed by atoms with van der Waals surface area (Å²) in [7, 11) is 0. The van der Waals surface area contributed by atoms with Crippen molar-refractivity contribution in [3.8, 4) is 0 Å². The highest BCUT2D eigenvalue weighted by atomic mass is 19.4. The summed E-state index contributed by atoms with van der Waals surface area (Å²) in [6.45, 7) is 1.44. The molecule has 0 radical (unpaired) electrons. The summed E-state index contributed by atoms with van der Waals surface area (Å²) < 4.78 is 38.6. The van der Waals surface area contributed by atoms with E-state index >= 15 is 0 Å². The Labute approximate surface area is 148 Å². The van der Waals surface area contributed by atoms with Crippen LogP contribution < -0.4 is 4.90 Å². The molecule has 0 saturated carbocycles. The molecule has 2 unspecified atom stereocenters. The minimum atomic E-state index is -4.40. The minimum absolute atomic E-state index is 0.0506. The van der Waals surface area contributed by atoms with Crippen LogP contribution in [0.1, 0.15) is 58.8 Å². The van der Waals surface area contributed by atoms with Gasteiger partial charge in [-0.15, -0.1) is 0 Å². The predicted molar refractivity (Wildman–Crippen MR) is 90.1 cm³/mol. The smallest absolute Gasteiger partial charge is 0.304 e. The number of anilines is 1. The fraction of sp³-hybridized carbons (Fsp3) is 0.300. The first-order valence-electron chi connectivity index (χ1n) is 8.42. The third kappa shape index (κ3) is 2.43. The number of carbonyl (C=O) groups is 2. The molecule has 0 saturated heterocycles. The molecule has 6 heteroatoms. The van der Waals surface area contributed by atoms with E-state index in [2.05, 4.69) is 0 Å². The predicted octanol–water partition coefficient (Wildman–Crippen LogP) is 4.87. The quantitative estimate of drug-likeness (QED) is 0.728. The molecule has 3 nitrogen and oxygen atoms in total. The zero-order valence-corrected chi connectivity index (χ0v) is 14.0. The minimum Gasteiger partial charge on any atom is -0.304 e. The first-order valence-corrected chi connectivity index (χ1v) is 8.42. The zero-order chi connectivity index (χ0) is 18.6. The second-order valence-electron chi connectivity index (χ2n) is 6.76. The Morgan fingerprint density at radius 2 is 1.81 bits per heavy atom. The lowest BCUT2D eigenvalue weighted by Crippen LogP contribution is -2.31. The number of benzene rings is 2. The average molecular weight is 359 g/mol. The number of halogens is 3. The Kier molecular flexibility index (Phi) is 3.68. The molecule has 134 valence electrons. The number of hydrogen-bond acceptors (Lipinski definition) is 2. The molecule has 1 aliphatic carbocycles. The molecule has 1 heterocycles. The van der Waals surface area contributed by atoms with Crippen LogP contribution in [0.3, 0.4) is 0 Å². The number of alkyl halides is 3. The maximum atomic E-state index is 12.9. The lowest BCUT2D eigenvalue weighted by Gasteiger charge is -2.29. The van der Waals surface area contributed by atoms with Crippen molar-refractivity contribution in [3.05, 3.63) is 64.7 Å². The van der Waals surface area contributed by atoms with Crippen LogP contribution in [0.25, 0.3) is 0 Å². The maximum Gasteiger partial charge on any atom is 0.416 e. The fourth-order valence-corrected chi connectivity index (χ4v) is 4.22. The first kappa shape index (κ1) is 16.8. The molecule has 2 aromatic rings. The van der Waals surface area contributed by atoms with E-state index < -0.39 is 11.7 Å². The second-order valence-corrected chi connectivity index (χ2v) is 6.76. The van der Waals surface area contributed by atoms with Gasteiger partial charge in [0.25, 0.3) is 0 Å². The summed E-state index contributed by atoms with van der Waals surface area (Å²) in [4.78, 5) is 26.2. The average Bonchev–Trinajstić information content (AvgIpc) is 2.93. The van der Waals surface area contributed by atoms with Crippen molar-refractivity contribution >= 4 is 17.4 Å². The van der Waals surface area contributed by atoms with Crippen LogP contribution in [-0.2, 0) is 11.0 Å². The Balaban J connectivity index is 1.84. The molecule has 4 rings (SSSR count). The summed E-state index contributed by atoms with van der Waals surface area (Å²) in [5.74, 6) is -0.223. The normalized spacial score (nSPS) is 21.7. The van der Waals surface area contributed by atoms with Crippen molar-refractivity contribution < 1.29 is 22.8 Å². The van der Waals surface area contributed by atoms with Crippen molar-refractivity contribution in [2.45, 2.75) is 37.9 Å². The van der Waals surface area contributed by atoms with Gasteiger partial charge in [0.2, 0.25) is 5.91 Å². The molecule has 1 aliphatic heterocycles. The van der Waals surface area contributed by atoms with Crippen molar-refractivity contribution in [1.29, 1.82) is 0 Å². The van der Waals surface area contributed by atoms with Gasteiger partial charge in [0, 0.05) is 30.5 Å². The molecule has 0 bridgehead atoms. The number of nitrogens with zero attached hydrogens (tertiary/aromatic N) is 1. The van der Waals surface area contributed by atoms with Crippen LogP contribution in [-0.4, -0.2) is 11.7 Å².